The van der Waals surface area contributed by atoms with Gasteiger partial charge >= 0.3 is 6.03 Å². The molecular formula is C22H22F2N4O3. The Morgan fingerprint density at radius 2 is 1.94 bits per heavy atom. The Balaban J connectivity index is 1.52. The molecule has 4 rings (SSSR count). The summed E-state index contributed by atoms with van der Waals surface area (Å²) in [4.78, 5) is 44.5. The molecule has 2 aromatic rings. The van der Waals surface area contributed by atoms with Crippen LogP contribution in [0.3, 0.4) is 0 Å². The minimum Gasteiger partial charge on any atom is -0.323 e. The highest BCUT2D eigenvalue weighted by Crippen LogP contribution is 2.35. The van der Waals surface area contributed by atoms with Crippen LogP contribution in [0.1, 0.15) is 37.8 Å². The first-order valence-electron chi connectivity index (χ1n) is 10.2. The number of pyridine rings is 1. The van der Waals surface area contributed by atoms with Crippen LogP contribution in [0.4, 0.5) is 19.3 Å². The van der Waals surface area contributed by atoms with Gasteiger partial charge in [-0.3, -0.25) is 19.5 Å². The third kappa shape index (κ3) is 4.12. The summed E-state index contributed by atoms with van der Waals surface area (Å²) in [6.07, 6.45) is 4.26. The molecule has 2 fully saturated rings. The number of benzene rings is 1. The zero-order valence-electron chi connectivity index (χ0n) is 16.8. The lowest BCUT2D eigenvalue weighted by Crippen LogP contribution is -2.44. The van der Waals surface area contributed by atoms with Crippen LogP contribution in [0.15, 0.2) is 42.6 Å². The van der Waals surface area contributed by atoms with Crippen LogP contribution < -0.4 is 10.2 Å². The third-order valence-corrected chi connectivity index (χ3v) is 5.80. The number of halogens is 2. The van der Waals surface area contributed by atoms with Gasteiger partial charge in [-0.05, 0) is 37.1 Å². The van der Waals surface area contributed by atoms with Crippen LogP contribution >= 0.6 is 0 Å². The summed E-state index contributed by atoms with van der Waals surface area (Å²) in [5.41, 5.74) is -0.433. The quantitative estimate of drug-likeness (QED) is 0.717. The number of anilines is 1. The second-order valence-electron chi connectivity index (χ2n) is 7.82. The maximum atomic E-state index is 14.4. The molecule has 9 heteroatoms. The molecule has 1 saturated heterocycles. The molecule has 1 aromatic carbocycles. The summed E-state index contributed by atoms with van der Waals surface area (Å²) in [7, 11) is 0. The molecule has 1 aromatic heterocycles. The van der Waals surface area contributed by atoms with Crippen LogP contribution in [-0.4, -0.2) is 39.8 Å². The fraction of sp³-hybridized carbons (Fsp3) is 0.364. The Labute approximate surface area is 178 Å². The summed E-state index contributed by atoms with van der Waals surface area (Å²) < 4.78 is 27.8. The van der Waals surface area contributed by atoms with Gasteiger partial charge in [0.2, 0.25) is 5.91 Å². The van der Waals surface area contributed by atoms with E-state index in [9.17, 15) is 23.2 Å². The van der Waals surface area contributed by atoms with Gasteiger partial charge in [0.25, 0.3) is 5.91 Å². The molecule has 4 amide bonds. The van der Waals surface area contributed by atoms with Crippen molar-refractivity contribution in [2.75, 3.05) is 11.4 Å². The SMILES string of the molecule is O=C1NC2(CCCC2)C(=O)N1CCC(=O)N(Cc1ccccn1)c1ccc(F)cc1F. The van der Waals surface area contributed by atoms with E-state index >= 15 is 0 Å². The maximum Gasteiger partial charge on any atom is 0.325 e. The lowest BCUT2D eigenvalue weighted by atomic mass is 9.98. The third-order valence-electron chi connectivity index (χ3n) is 5.80. The van der Waals surface area contributed by atoms with Gasteiger partial charge in [-0.1, -0.05) is 18.9 Å². The molecule has 0 bridgehead atoms. The van der Waals surface area contributed by atoms with E-state index < -0.39 is 29.1 Å². The first-order chi connectivity index (χ1) is 14.9. The van der Waals surface area contributed by atoms with E-state index in [0.717, 1.165) is 28.7 Å². The minimum atomic E-state index is -0.885. The van der Waals surface area contributed by atoms with E-state index in [-0.39, 0.29) is 31.1 Å². The van der Waals surface area contributed by atoms with Gasteiger partial charge < -0.3 is 10.2 Å². The second-order valence-corrected chi connectivity index (χ2v) is 7.82. The number of amides is 4. The number of imide groups is 1. The molecule has 1 spiro atoms. The van der Waals surface area contributed by atoms with Crippen molar-refractivity contribution in [3.8, 4) is 0 Å². The smallest absolute Gasteiger partial charge is 0.323 e. The maximum absolute atomic E-state index is 14.4. The molecule has 162 valence electrons. The van der Waals surface area contributed by atoms with E-state index in [1.165, 1.54) is 6.07 Å². The summed E-state index contributed by atoms with van der Waals surface area (Å²) >= 11 is 0. The fourth-order valence-corrected chi connectivity index (χ4v) is 4.20. The largest absolute Gasteiger partial charge is 0.325 e. The van der Waals surface area contributed by atoms with Crippen molar-refractivity contribution < 1.29 is 23.2 Å². The fourth-order valence-electron chi connectivity index (χ4n) is 4.20. The average molecular weight is 428 g/mol. The topological polar surface area (TPSA) is 82.6 Å². The van der Waals surface area contributed by atoms with Crippen LogP contribution in [0, 0.1) is 11.6 Å². The average Bonchev–Trinajstić information content (AvgIpc) is 3.31. The van der Waals surface area contributed by atoms with Crippen molar-refractivity contribution in [3.05, 3.63) is 59.9 Å². The van der Waals surface area contributed by atoms with Crippen molar-refractivity contribution in [2.45, 2.75) is 44.2 Å². The Hall–Kier alpha value is -3.36. The van der Waals surface area contributed by atoms with E-state index in [1.807, 2.05) is 0 Å². The monoisotopic (exact) mass is 428 g/mol. The van der Waals surface area contributed by atoms with Crippen molar-refractivity contribution >= 4 is 23.5 Å². The molecule has 2 aliphatic rings. The van der Waals surface area contributed by atoms with Crippen molar-refractivity contribution in [1.82, 2.24) is 15.2 Å². The van der Waals surface area contributed by atoms with Crippen molar-refractivity contribution in [1.29, 1.82) is 0 Å². The highest BCUT2D eigenvalue weighted by molar-refractivity contribution is 6.07. The van der Waals surface area contributed by atoms with Crippen LogP contribution in [0.2, 0.25) is 0 Å². The molecule has 0 radical (unpaired) electrons. The normalized spacial score (nSPS) is 17.3. The molecule has 7 nitrogen and oxygen atoms in total. The van der Waals surface area contributed by atoms with Gasteiger partial charge in [-0.15, -0.1) is 0 Å². The Bertz CT molecular complexity index is 1010. The number of nitrogens with zero attached hydrogens (tertiary/aromatic N) is 3. The number of carbonyl (C=O) groups is 3. The van der Waals surface area contributed by atoms with Crippen molar-refractivity contribution in [2.24, 2.45) is 0 Å². The standard InChI is InChI=1S/C22H22F2N4O3/c23-15-6-7-18(17(24)13-15)28(14-16-5-1-4-11-25-16)19(29)8-12-27-20(30)22(26-21(27)31)9-2-3-10-22/h1,4-7,11,13H,2-3,8-10,12,14H2,(H,26,31). The lowest BCUT2D eigenvalue weighted by Gasteiger charge is -2.24. The summed E-state index contributed by atoms with van der Waals surface area (Å²) in [6, 6.07) is 7.58. The number of hydrogen-bond donors (Lipinski definition) is 1. The molecule has 0 atom stereocenters. The molecule has 1 aliphatic carbocycles. The molecular weight excluding hydrogens is 406 g/mol. The molecule has 1 aliphatic heterocycles. The minimum absolute atomic E-state index is 0.0354. The molecule has 1 saturated carbocycles. The Morgan fingerprint density at radius 1 is 1.16 bits per heavy atom. The first-order valence-corrected chi connectivity index (χ1v) is 10.2. The first kappa shape index (κ1) is 20.9. The molecule has 0 unspecified atom stereocenters. The number of hydrogen-bond acceptors (Lipinski definition) is 4. The van der Waals surface area contributed by atoms with Gasteiger partial charge in [0.15, 0.2) is 0 Å². The van der Waals surface area contributed by atoms with Crippen LogP contribution in [0.5, 0.6) is 0 Å². The van der Waals surface area contributed by atoms with Gasteiger partial charge in [-0.25, -0.2) is 13.6 Å². The van der Waals surface area contributed by atoms with Gasteiger partial charge in [0.1, 0.15) is 17.2 Å². The van der Waals surface area contributed by atoms with E-state index in [4.69, 9.17) is 0 Å². The van der Waals surface area contributed by atoms with Crippen LogP contribution in [0.25, 0.3) is 0 Å². The van der Waals surface area contributed by atoms with Crippen LogP contribution in [-0.2, 0) is 16.1 Å². The summed E-state index contributed by atoms with van der Waals surface area (Å²) in [5.74, 6) is -2.46. The number of carbonyl (C=O) groups excluding carboxylic acids is 3. The molecule has 2 heterocycles. The van der Waals surface area contributed by atoms with E-state index in [1.54, 1.807) is 24.4 Å². The highest BCUT2D eigenvalue weighted by Gasteiger charge is 2.52. The predicted molar refractivity (Wildman–Crippen MR) is 108 cm³/mol. The molecule has 31 heavy (non-hydrogen) atoms. The number of aromatic nitrogens is 1. The summed E-state index contributed by atoms with van der Waals surface area (Å²) in [6.45, 7) is -0.154. The van der Waals surface area contributed by atoms with Gasteiger partial charge in [0, 0.05) is 25.2 Å². The Kier molecular flexibility index (Phi) is 5.67. The van der Waals surface area contributed by atoms with E-state index in [0.29, 0.717) is 24.6 Å². The second kappa shape index (κ2) is 8.41. The number of nitrogens with one attached hydrogen (secondary N) is 1. The number of rotatable bonds is 6. The van der Waals surface area contributed by atoms with E-state index in [2.05, 4.69) is 10.3 Å². The number of urea groups is 1. The molecule has 1 N–H and O–H groups in total. The predicted octanol–water partition coefficient (Wildman–Crippen LogP) is 3.15. The highest BCUT2D eigenvalue weighted by atomic mass is 19.1. The van der Waals surface area contributed by atoms with Gasteiger partial charge in [0.05, 0.1) is 17.9 Å². The zero-order chi connectivity index (χ0) is 22.0. The lowest BCUT2D eigenvalue weighted by molar-refractivity contribution is -0.131. The Morgan fingerprint density at radius 3 is 2.61 bits per heavy atom. The van der Waals surface area contributed by atoms with Crippen molar-refractivity contribution in [3.63, 3.8) is 0 Å². The van der Waals surface area contributed by atoms with Gasteiger partial charge in [-0.2, -0.15) is 0 Å². The summed E-state index contributed by atoms with van der Waals surface area (Å²) in [5, 5.41) is 2.77. The zero-order valence-corrected chi connectivity index (χ0v) is 16.8.